The highest BCUT2D eigenvalue weighted by molar-refractivity contribution is 7.89. The van der Waals surface area contributed by atoms with Crippen LogP contribution in [0.3, 0.4) is 0 Å². The summed E-state index contributed by atoms with van der Waals surface area (Å²) >= 11 is 1.55. The third kappa shape index (κ3) is 3.65. The van der Waals surface area contributed by atoms with Crippen LogP contribution in [0.15, 0.2) is 46.4 Å². The molecule has 0 radical (unpaired) electrons. The van der Waals surface area contributed by atoms with E-state index in [9.17, 15) is 8.42 Å². The van der Waals surface area contributed by atoms with E-state index in [4.69, 9.17) is 0 Å². The van der Waals surface area contributed by atoms with Crippen molar-refractivity contribution in [2.75, 3.05) is 0 Å². The summed E-state index contributed by atoms with van der Waals surface area (Å²) < 4.78 is 23.8. The van der Waals surface area contributed by atoms with Gasteiger partial charge in [-0.15, -0.1) is 11.3 Å². The van der Waals surface area contributed by atoms with Crippen LogP contribution in [-0.2, 0) is 10.0 Å². The number of thiophene rings is 1. The van der Waals surface area contributed by atoms with Gasteiger partial charge in [-0.25, -0.2) is 4.83 Å². The fourth-order valence-electron chi connectivity index (χ4n) is 1.45. The first kappa shape index (κ1) is 13.8. The highest BCUT2D eigenvalue weighted by Crippen LogP contribution is 2.13. The second-order valence-electron chi connectivity index (χ2n) is 4.11. The molecule has 0 bridgehead atoms. The molecule has 0 aliphatic carbocycles. The molecule has 0 saturated carbocycles. The lowest BCUT2D eigenvalue weighted by atomic mass is 10.2. The first-order chi connectivity index (χ1) is 8.97. The molecule has 0 aliphatic heterocycles. The number of benzene rings is 1. The molecule has 1 aromatic carbocycles. The van der Waals surface area contributed by atoms with E-state index in [1.165, 1.54) is 6.21 Å². The summed E-state index contributed by atoms with van der Waals surface area (Å²) in [5.74, 6) is 0. The van der Waals surface area contributed by atoms with Gasteiger partial charge in [0.15, 0.2) is 0 Å². The minimum Gasteiger partial charge on any atom is -0.200 e. The van der Waals surface area contributed by atoms with Gasteiger partial charge in [-0.2, -0.15) is 13.5 Å². The molecular weight excluding hydrogens is 280 g/mol. The number of sulfonamides is 1. The molecule has 0 unspecified atom stereocenters. The Labute approximate surface area is 116 Å². The van der Waals surface area contributed by atoms with Crippen molar-refractivity contribution < 1.29 is 8.42 Å². The molecule has 0 fully saturated rings. The molecule has 1 N–H and O–H groups in total. The molecule has 0 aliphatic rings. The Bertz CT molecular complexity index is 686. The van der Waals surface area contributed by atoms with E-state index in [1.54, 1.807) is 35.6 Å². The largest absolute Gasteiger partial charge is 0.276 e. The lowest BCUT2D eigenvalue weighted by Crippen LogP contribution is -2.18. The Kier molecular flexibility index (Phi) is 4.01. The number of aryl methyl sites for hydroxylation is 2. The third-order valence-corrected chi connectivity index (χ3v) is 4.63. The average Bonchev–Trinajstić information content (AvgIpc) is 2.75. The molecule has 2 aromatic rings. The minimum atomic E-state index is -3.58. The molecule has 0 spiro atoms. The standard InChI is InChI=1S/C13H14N2O2S2/c1-10-3-7-13(8-4-10)19(16,17)15-14-9-12-6-5-11(2)18-12/h3-9,15H,1-2H3/b14-9+. The number of hydrogen-bond donors (Lipinski definition) is 1. The van der Waals surface area contributed by atoms with Crippen molar-refractivity contribution in [1.29, 1.82) is 0 Å². The number of hydrazone groups is 1. The molecule has 0 saturated heterocycles. The molecule has 1 heterocycles. The lowest BCUT2D eigenvalue weighted by Gasteiger charge is -2.02. The Morgan fingerprint density at radius 3 is 2.37 bits per heavy atom. The van der Waals surface area contributed by atoms with Crippen molar-refractivity contribution >= 4 is 27.6 Å². The maximum Gasteiger partial charge on any atom is 0.276 e. The molecule has 2 rings (SSSR count). The normalized spacial score (nSPS) is 11.9. The van der Waals surface area contributed by atoms with Crippen LogP contribution >= 0.6 is 11.3 Å². The van der Waals surface area contributed by atoms with Gasteiger partial charge >= 0.3 is 0 Å². The highest BCUT2D eigenvalue weighted by atomic mass is 32.2. The molecule has 6 heteroatoms. The van der Waals surface area contributed by atoms with Gasteiger partial charge in [-0.3, -0.25) is 0 Å². The Balaban J connectivity index is 2.09. The second kappa shape index (κ2) is 5.54. The van der Waals surface area contributed by atoms with Crippen molar-refractivity contribution in [3.63, 3.8) is 0 Å². The monoisotopic (exact) mass is 294 g/mol. The van der Waals surface area contributed by atoms with Gasteiger partial charge in [0.05, 0.1) is 11.1 Å². The van der Waals surface area contributed by atoms with Crippen LogP contribution in [0.1, 0.15) is 15.3 Å². The number of nitrogens with one attached hydrogen (secondary N) is 1. The van der Waals surface area contributed by atoms with Gasteiger partial charge in [0, 0.05) is 9.75 Å². The van der Waals surface area contributed by atoms with E-state index >= 15 is 0 Å². The third-order valence-electron chi connectivity index (χ3n) is 2.46. The maximum atomic E-state index is 11.9. The van der Waals surface area contributed by atoms with Crippen LogP contribution in [0.2, 0.25) is 0 Å². The minimum absolute atomic E-state index is 0.206. The van der Waals surface area contributed by atoms with Crippen molar-refractivity contribution in [2.24, 2.45) is 5.10 Å². The van der Waals surface area contributed by atoms with E-state index in [0.717, 1.165) is 15.3 Å². The summed E-state index contributed by atoms with van der Waals surface area (Å²) in [5.41, 5.74) is 1.01. The van der Waals surface area contributed by atoms with Crippen LogP contribution in [0.25, 0.3) is 0 Å². The van der Waals surface area contributed by atoms with Gasteiger partial charge in [-0.05, 0) is 38.1 Å². The van der Waals surface area contributed by atoms with E-state index in [-0.39, 0.29) is 4.90 Å². The summed E-state index contributed by atoms with van der Waals surface area (Å²) in [6.07, 6.45) is 1.50. The van der Waals surface area contributed by atoms with Crippen LogP contribution in [0.5, 0.6) is 0 Å². The zero-order valence-electron chi connectivity index (χ0n) is 10.6. The predicted octanol–water partition coefficient (Wildman–Crippen LogP) is 2.68. The van der Waals surface area contributed by atoms with Gasteiger partial charge in [0.25, 0.3) is 10.0 Å². The first-order valence-electron chi connectivity index (χ1n) is 5.65. The fraction of sp³-hybridized carbons (Fsp3) is 0.154. The fourth-order valence-corrected chi connectivity index (χ4v) is 2.99. The quantitative estimate of drug-likeness (QED) is 0.696. The van der Waals surface area contributed by atoms with E-state index in [2.05, 4.69) is 9.93 Å². The zero-order valence-corrected chi connectivity index (χ0v) is 12.3. The summed E-state index contributed by atoms with van der Waals surface area (Å²) in [5, 5.41) is 3.77. The van der Waals surface area contributed by atoms with Crippen LogP contribution in [0.4, 0.5) is 0 Å². The summed E-state index contributed by atoms with van der Waals surface area (Å²) in [4.78, 5) is 4.47. The predicted molar refractivity (Wildman–Crippen MR) is 78.2 cm³/mol. The number of hydrogen-bond acceptors (Lipinski definition) is 4. The Morgan fingerprint density at radius 1 is 1.11 bits per heavy atom. The summed E-state index contributed by atoms with van der Waals surface area (Å²) in [6, 6.07) is 10.5. The SMILES string of the molecule is Cc1ccc(S(=O)(=O)N/N=C/c2ccc(C)s2)cc1. The molecule has 1 aromatic heterocycles. The summed E-state index contributed by atoms with van der Waals surface area (Å²) in [6.45, 7) is 3.89. The van der Waals surface area contributed by atoms with Crippen LogP contribution in [0, 0.1) is 13.8 Å². The van der Waals surface area contributed by atoms with Gasteiger partial charge in [0.1, 0.15) is 0 Å². The van der Waals surface area contributed by atoms with Gasteiger partial charge in [-0.1, -0.05) is 17.7 Å². The van der Waals surface area contributed by atoms with E-state index in [1.807, 2.05) is 26.0 Å². The Hall–Kier alpha value is -1.66. The van der Waals surface area contributed by atoms with Crippen LogP contribution in [-0.4, -0.2) is 14.6 Å². The Morgan fingerprint density at radius 2 is 1.79 bits per heavy atom. The topological polar surface area (TPSA) is 58.5 Å². The molecule has 0 amide bonds. The smallest absolute Gasteiger partial charge is 0.200 e. The van der Waals surface area contributed by atoms with Gasteiger partial charge < -0.3 is 0 Å². The second-order valence-corrected chi connectivity index (χ2v) is 7.09. The molecule has 19 heavy (non-hydrogen) atoms. The van der Waals surface area contributed by atoms with Crippen molar-refractivity contribution in [3.8, 4) is 0 Å². The van der Waals surface area contributed by atoms with Crippen molar-refractivity contribution in [2.45, 2.75) is 18.7 Å². The number of nitrogens with zero attached hydrogens (tertiary/aromatic N) is 1. The van der Waals surface area contributed by atoms with Crippen molar-refractivity contribution in [1.82, 2.24) is 4.83 Å². The van der Waals surface area contributed by atoms with Crippen LogP contribution < -0.4 is 4.83 Å². The van der Waals surface area contributed by atoms with Crippen molar-refractivity contribution in [3.05, 3.63) is 51.7 Å². The average molecular weight is 294 g/mol. The zero-order chi connectivity index (χ0) is 13.9. The maximum absolute atomic E-state index is 11.9. The first-order valence-corrected chi connectivity index (χ1v) is 7.95. The van der Waals surface area contributed by atoms with Gasteiger partial charge in [0.2, 0.25) is 0 Å². The summed E-state index contributed by atoms with van der Waals surface area (Å²) in [7, 11) is -3.58. The molecule has 100 valence electrons. The molecule has 4 nitrogen and oxygen atoms in total. The highest BCUT2D eigenvalue weighted by Gasteiger charge is 2.11. The molecule has 0 atom stereocenters. The lowest BCUT2D eigenvalue weighted by molar-refractivity contribution is 0.584. The molecular formula is C13H14N2O2S2. The van der Waals surface area contributed by atoms with E-state index < -0.39 is 10.0 Å². The number of rotatable bonds is 4. The van der Waals surface area contributed by atoms with E-state index in [0.29, 0.717) is 0 Å².